The van der Waals surface area contributed by atoms with Gasteiger partial charge in [0.15, 0.2) is 0 Å². The van der Waals surface area contributed by atoms with Gasteiger partial charge in [-0.15, -0.1) is 0 Å². The number of carbonyl (C=O) groups is 1. The number of hydrogen-bond donors (Lipinski definition) is 1. The van der Waals surface area contributed by atoms with Crippen LogP contribution >= 0.6 is 0 Å². The molecule has 1 rings (SSSR count). The molecule has 0 amide bonds. The van der Waals surface area contributed by atoms with Crippen molar-refractivity contribution in [3.63, 3.8) is 0 Å². The molecule has 2 nitrogen and oxygen atoms in total. The Labute approximate surface area is 83.2 Å². The SMILES string of the molecule is C=Cc1cccc(/C=C(\C)C(=O)O)c1. The van der Waals surface area contributed by atoms with Crippen LogP contribution in [0.1, 0.15) is 18.1 Å². The number of benzene rings is 1. The van der Waals surface area contributed by atoms with E-state index in [1.165, 1.54) is 0 Å². The van der Waals surface area contributed by atoms with Crippen LogP contribution in [0.3, 0.4) is 0 Å². The van der Waals surface area contributed by atoms with Gasteiger partial charge in [0.2, 0.25) is 0 Å². The second-order valence-corrected chi connectivity index (χ2v) is 3.01. The van der Waals surface area contributed by atoms with Gasteiger partial charge in [-0.05, 0) is 30.2 Å². The Morgan fingerprint density at radius 3 is 2.64 bits per heavy atom. The molecule has 0 atom stereocenters. The van der Waals surface area contributed by atoms with Gasteiger partial charge in [-0.1, -0.05) is 30.9 Å². The minimum atomic E-state index is -0.894. The third-order valence-corrected chi connectivity index (χ3v) is 1.87. The Balaban J connectivity index is 3.02. The standard InChI is InChI=1S/C12H12O2/c1-3-10-5-4-6-11(8-10)7-9(2)12(13)14/h3-8H,1H2,2H3,(H,13,14)/b9-7+. The van der Waals surface area contributed by atoms with Gasteiger partial charge in [0, 0.05) is 5.57 Å². The summed E-state index contributed by atoms with van der Waals surface area (Å²) in [7, 11) is 0. The molecule has 1 aromatic rings. The zero-order valence-electron chi connectivity index (χ0n) is 8.03. The first-order chi connectivity index (χ1) is 6.63. The van der Waals surface area contributed by atoms with Crippen LogP contribution in [0.2, 0.25) is 0 Å². The summed E-state index contributed by atoms with van der Waals surface area (Å²) >= 11 is 0. The highest BCUT2D eigenvalue weighted by Crippen LogP contribution is 2.10. The van der Waals surface area contributed by atoms with Gasteiger partial charge < -0.3 is 5.11 Å². The van der Waals surface area contributed by atoms with Crippen LogP contribution in [0.4, 0.5) is 0 Å². The van der Waals surface area contributed by atoms with E-state index in [0.717, 1.165) is 11.1 Å². The van der Waals surface area contributed by atoms with Gasteiger partial charge in [0.25, 0.3) is 0 Å². The third kappa shape index (κ3) is 2.59. The zero-order valence-corrected chi connectivity index (χ0v) is 8.03. The van der Waals surface area contributed by atoms with Gasteiger partial charge in [-0.2, -0.15) is 0 Å². The summed E-state index contributed by atoms with van der Waals surface area (Å²) in [4.78, 5) is 10.6. The molecule has 0 aliphatic rings. The van der Waals surface area contributed by atoms with Crippen LogP contribution in [-0.4, -0.2) is 11.1 Å². The van der Waals surface area contributed by atoms with E-state index in [-0.39, 0.29) is 0 Å². The number of hydrogen-bond acceptors (Lipinski definition) is 1. The lowest BCUT2D eigenvalue weighted by atomic mass is 10.1. The lowest BCUT2D eigenvalue weighted by Gasteiger charge is -1.97. The van der Waals surface area contributed by atoms with Crippen LogP contribution in [0, 0.1) is 0 Å². The fraction of sp³-hybridized carbons (Fsp3) is 0.0833. The van der Waals surface area contributed by atoms with Gasteiger partial charge in [0.1, 0.15) is 0 Å². The smallest absolute Gasteiger partial charge is 0.331 e. The predicted molar refractivity (Wildman–Crippen MR) is 57.8 cm³/mol. The van der Waals surface area contributed by atoms with Crippen molar-refractivity contribution in [3.8, 4) is 0 Å². The van der Waals surface area contributed by atoms with Crippen molar-refractivity contribution in [2.45, 2.75) is 6.92 Å². The molecule has 72 valence electrons. The molecular formula is C12H12O2. The number of rotatable bonds is 3. The Hall–Kier alpha value is -1.83. The van der Waals surface area contributed by atoms with Crippen LogP contribution < -0.4 is 0 Å². The fourth-order valence-electron chi connectivity index (χ4n) is 1.09. The van der Waals surface area contributed by atoms with Gasteiger partial charge >= 0.3 is 5.97 Å². The summed E-state index contributed by atoms with van der Waals surface area (Å²) in [5, 5.41) is 8.68. The molecule has 0 unspecified atom stereocenters. The fourth-order valence-corrected chi connectivity index (χ4v) is 1.09. The average Bonchev–Trinajstić information content (AvgIpc) is 2.18. The summed E-state index contributed by atoms with van der Waals surface area (Å²) in [6.07, 6.45) is 3.36. The number of carboxylic acids is 1. The van der Waals surface area contributed by atoms with E-state index >= 15 is 0 Å². The monoisotopic (exact) mass is 188 g/mol. The maximum atomic E-state index is 10.6. The molecule has 0 fully saturated rings. The molecule has 2 heteroatoms. The minimum Gasteiger partial charge on any atom is -0.478 e. The van der Waals surface area contributed by atoms with E-state index in [2.05, 4.69) is 6.58 Å². The summed E-state index contributed by atoms with van der Waals surface area (Å²) in [5.41, 5.74) is 2.19. The average molecular weight is 188 g/mol. The Bertz CT molecular complexity index is 389. The van der Waals surface area contributed by atoms with Crippen molar-refractivity contribution in [1.29, 1.82) is 0 Å². The highest BCUT2D eigenvalue weighted by atomic mass is 16.4. The molecule has 0 aliphatic heterocycles. The van der Waals surface area contributed by atoms with Crippen molar-refractivity contribution in [3.05, 3.63) is 47.5 Å². The first kappa shape index (κ1) is 10.3. The maximum Gasteiger partial charge on any atom is 0.331 e. The Kier molecular flexibility index (Phi) is 3.24. The predicted octanol–water partition coefficient (Wildman–Crippen LogP) is 2.82. The molecule has 0 aromatic heterocycles. The maximum absolute atomic E-state index is 10.6. The van der Waals surface area contributed by atoms with Crippen LogP contribution in [-0.2, 0) is 4.79 Å². The zero-order chi connectivity index (χ0) is 10.6. The quantitative estimate of drug-likeness (QED) is 0.740. The molecule has 1 N–H and O–H groups in total. The Morgan fingerprint density at radius 1 is 1.43 bits per heavy atom. The van der Waals surface area contributed by atoms with Crippen molar-refractivity contribution in [1.82, 2.24) is 0 Å². The van der Waals surface area contributed by atoms with E-state index in [0.29, 0.717) is 5.57 Å². The van der Waals surface area contributed by atoms with Gasteiger partial charge in [-0.3, -0.25) is 0 Å². The topological polar surface area (TPSA) is 37.3 Å². The summed E-state index contributed by atoms with van der Waals surface area (Å²) in [6, 6.07) is 7.54. The summed E-state index contributed by atoms with van der Waals surface area (Å²) in [5.74, 6) is -0.894. The second kappa shape index (κ2) is 4.42. The molecule has 0 radical (unpaired) electrons. The second-order valence-electron chi connectivity index (χ2n) is 3.01. The van der Waals surface area contributed by atoms with Gasteiger partial charge in [0.05, 0.1) is 0 Å². The van der Waals surface area contributed by atoms with Crippen molar-refractivity contribution in [2.75, 3.05) is 0 Å². The van der Waals surface area contributed by atoms with E-state index in [1.54, 1.807) is 19.1 Å². The van der Waals surface area contributed by atoms with Crippen LogP contribution in [0.25, 0.3) is 12.2 Å². The molecular weight excluding hydrogens is 176 g/mol. The lowest BCUT2D eigenvalue weighted by molar-refractivity contribution is -0.132. The minimum absolute atomic E-state index is 0.325. The number of carboxylic acid groups (broad SMARTS) is 1. The molecule has 0 aliphatic carbocycles. The first-order valence-electron chi connectivity index (χ1n) is 4.27. The summed E-state index contributed by atoms with van der Waals surface area (Å²) < 4.78 is 0. The van der Waals surface area contributed by atoms with E-state index in [4.69, 9.17) is 5.11 Å². The molecule has 14 heavy (non-hydrogen) atoms. The first-order valence-corrected chi connectivity index (χ1v) is 4.27. The summed E-state index contributed by atoms with van der Waals surface area (Å²) in [6.45, 7) is 5.22. The van der Waals surface area contributed by atoms with Gasteiger partial charge in [-0.25, -0.2) is 4.79 Å². The molecule has 1 aromatic carbocycles. The molecule has 0 spiro atoms. The highest BCUT2D eigenvalue weighted by molar-refractivity contribution is 5.91. The van der Waals surface area contributed by atoms with E-state index in [9.17, 15) is 4.79 Å². The van der Waals surface area contributed by atoms with Crippen LogP contribution in [0.15, 0.2) is 36.4 Å². The lowest BCUT2D eigenvalue weighted by Crippen LogP contribution is -1.95. The largest absolute Gasteiger partial charge is 0.478 e. The van der Waals surface area contributed by atoms with E-state index < -0.39 is 5.97 Å². The van der Waals surface area contributed by atoms with Crippen molar-refractivity contribution >= 4 is 18.1 Å². The normalized spacial score (nSPS) is 11.1. The van der Waals surface area contributed by atoms with Crippen molar-refractivity contribution < 1.29 is 9.90 Å². The third-order valence-electron chi connectivity index (χ3n) is 1.87. The Morgan fingerprint density at radius 2 is 2.07 bits per heavy atom. The van der Waals surface area contributed by atoms with Crippen molar-refractivity contribution in [2.24, 2.45) is 0 Å². The van der Waals surface area contributed by atoms with E-state index in [1.807, 2.05) is 24.3 Å². The number of aliphatic carboxylic acids is 1. The molecule has 0 saturated heterocycles. The molecule has 0 heterocycles. The molecule has 0 saturated carbocycles. The van der Waals surface area contributed by atoms with Crippen LogP contribution in [0.5, 0.6) is 0 Å². The highest BCUT2D eigenvalue weighted by Gasteiger charge is 1.99. The molecule has 0 bridgehead atoms.